The van der Waals surface area contributed by atoms with Crippen LogP contribution in [0.5, 0.6) is 0 Å². The average Bonchev–Trinajstić information content (AvgIpc) is 2.95. The summed E-state index contributed by atoms with van der Waals surface area (Å²) in [4.78, 5) is 6.61. The lowest BCUT2D eigenvalue weighted by atomic mass is 10.2. The zero-order valence-electron chi connectivity index (χ0n) is 14.6. The average molecular weight is 334 g/mol. The Morgan fingerprint density at radius 3 is 2.65 bits per heavy atom. The molecule has 0 radical (unpaired) electrons. The van der Waals surface area contributed by atoms with Gasteiger partial charge in [-0.25, -0.2) is 0 Å². The quantitative estimate of drug-likeness (QED) is 0.654. The fourth-order valence-corrected chi connectivity index (χ4v) is 3.47. The topological polar surface area (TPSA) is 46.8 Å². The van der Waals surface area contributed by atoms with Crippen molar-refractivity contribution in [3.63, 3.8) is 0 Å². The zero-order valence-corrected chi connectivity index (χ0v) is 15.4. The van der Waals surface area contributed by atoms with Gasteiger partial charge in [-0.2, -0.15) is 0 Å². The second-order valence-corrected chi connectivity index (χ2v) is 6.79. The van der Waals surface area contributed by atoms with Crippen LogP contribution in [0.4, 0.5) is 0 Å². The molecule has 0 aliphatic carbocycles. The third-order valence-corrected chi connectivity index (χ3v) is 4.86. The summed E-state index contributed by atoms with van der Waals surface area (Å²) in [5.74, 6) is 1.90. The van der Waals surface area contributed by atoms with Crippen LogP contribution >= 0.6 is 11.8 Å². The van der Waals surface area contributed by atoms with Crippen LogP contribution in [0.15, 0.2) is 29.6 Å². The molecule has 0 saturated carbocycles. The molecule has 126 valence electrons. The molecular weight excluding hydrogens is 306 g/mol. The molecule has 0 aromatic carbocycles. The fraction of sp³-hybridized carbons (Fsp3) is 0.588. The Morgan fingerprint density at radius 2 is 2.04 bits per heavy atom. The molecule has 5 nitrogen and oxygen atoms in total. The van der Waals surface area contributed by atoms with Gasteiger partial charge in [-0.05, 0) is 39.1 Å². The van der Waals surface area contributed by atoms with Crippen LogP contribution in [0.1, 0.15) is 50.7 Å². The predicted molar refractivity (Wildman–Crippen MR) is 95.4 cm³/mol. The number of hydrogen-bond donors (Lipinski definition) is 0. The molecule has 0 aliphatic rings. The van der Waals surface area contributed by atoms with E-state index in [0.717, 1.165) is 41.8 Å². The minimum atomic E-state index is 0.309. The highest BCUT2D eigenvalue weighted by Gasteiger charge is 2.21. The summed E-state index contributed by atoms with van der Waals surface area (Å²) in [5.41, 5.74) is 1.07. The van der Waals surface area contributed by atoms with Gasteiger partial charge >= 0.3 is 0 Å². The molecular formula is C17H27N5S. The van der Waals surface area contributed by atoms with Gasteiger partial charge in [0.2, 0.25) is 0 Å². The highest BCUT2D eigenvalue weighted by atomic mass is 32.2. The second-order valence-electron chi connectivity index (χ2n) is 5.84. The summed E-state index contributed by atoms with van der Waals surface area (Å²) < 4.78 is 2.30. The van der Waals surface area contributed by atoms with Gasteiger partial charge in [-0.15, -0.1) is 10.2 Å². The van der Waals surface area contributed by atoms with Crippen molar-refractivity contribution in [2.24, 2.45) is 0 Å². The Balaban J connectivity index is 2.19. The van der Waals surface area contributed by atoms with Crippen molar-refractivity contribution in [3.05, 3.63) is 35.9 Å². The third-order valence-electron chi connectivity index (χ3n) is 3.86. The lowest BCUT2D eigenvalue weighted by Gasteiger charge is -2.23. The monoisotopic (exact) mass is 333 g/mol. The van der Waals surface area contributed by atoms with Crippen LogP contribution in [-0.4, -0.2) is 38.7 Å². The maximum Gasteiger partial charge on any atom is 0.191 e. The molecule has 2 aromatic heterocycles. The van der Waals surface area contributed by atoms with Gasteiger partial charge in [0, 0.05) is 18.5 Å². The minimum Gasteiger partial charge on any atom is -0.305 e. The van der Waals surface area contributed by atoms with Crippen molar-refractivity contribution in [2.75, 3.05) is 14.1 Å². The summed E-state index contributed by atoms with van der Waals surface area (Å²) in [7, 11) is 4.21. The van der Waals surface area contributed by atoms with Crippen molar-refractivity contribution < 1.29 is 0 Å². The molecule has 0 spiro atoms. The van der Waals surface area contributed by atoms with Crippen LogP contribution in [-0.2, 0) is 12.3 Å². The highest BCUT2D eigenvalue weighted by Crippen LogP contribution is 2.27. The van der Waals surface area contributed by atoms with Crippen molar-refractivity contribution in [3.8, 4) is 0 Å². The lowest BCUT2D eigenvalue weighted by Crippen LogP contribution is -2.23. The first-order chi connectivity index (χ1) is 11.2. The summed E-state index contributed by atoms with van der Waals surface area (Å²) in [6.07, 6.45) is 5.18. The maximum absolute atomic E-state index is 4.50. The lowest BCUT2D eigenvalue weighted by molar-refractivity contribution is 0.270. The maximum atomic E-state index is 4.50. The number of rotatable bonds is 9. The molecule has 23 heavy (non-hydrogen) atoms. The largest absolute Gasteiger partial charge is 0.305 e. The van der Waals surface area contributed by atoms with Gasteiger partial charge in [0.15, 0.2) is 11.0 Å². The number of aromatic nitrogens is 4. The van der Waals surface area contributed by atoms with E-state index in [0.29, 0.717) is 6.04 Å². The summed E-state index contributed by atoms with van der Waals surface area (Å²) in [6, 6.07) is 6.33. The van der Waals surface area contributed by atoms with Crippen LogP contribution < -0.4 is 0 Å². The number of thioether (sulfide) groups is 1. The molecule has 0 fully saturated rings. The van der Waals surface area contributed by atoms with Crippen molar-refractivity contribution in [2.45, 2.75) is 56.6 Å². The SMILES string of the molecule is CCCCn1c(SCc2ccccn2)nnc1C(CC)N(C)C. The van der Waals surface area contributed by atoms with E-state index in [1.807, 2.05) is 18.3 Å². The number of nitrogens with zero attached hydrogens (tertiary/aromatic N) is 5. The van der Waals surface area contributed by atoms with Gasteiger partial charge in [0.1, 0.15) is 0 Å². The van der Waals surface area contributed by atoms with Gasteiger partial charge in [0.05, 0.1) is 11.7 Å². The third kappa shape index (κ3) is 4.78. The molecule has 0 bridgehead atoms. The molecule has 0 amide bonds. The first-order valence-corrected chi connectivity index (χ1v) is 9.28. The number of pyridine rings is 1. The molecule has 6 heteroatoms. The van der Waals surface area contributed by atoms with E-state index < -0.39 is 0 Å². The Hall–Kier alpha value is -1.40. The normalized spacial score (nSPS) is 12.7. The van der Waals surface area contributed by atoms with Gasteiger partial charge < -0.3 is 4.57 Å². The van der Waals surface area contributed by atoms with Crippen molar-refractivity contribution in [1.82, 2.24) is 24.6 Å². The number of hydrogen-bond acceptors (Lipinski definition) is 5. The molecule has 0 N–H and O–H groups in total. The summed E-state index contributed by atoms with van der Waals surface area (Å²) in [5, 5.41) is 9.96. The van der Waals surface area contributed by atoms with E-state index in [1.54, 1.807) is 11.8 Å². The number of unbranched alkanes of at least 4 members (excludes halogenated alkanes) is 1. The van der Waals surface area contributed by atoms with Crippen LogP contribution in [0.3, 0.4) is 0 Å². The van der Waals surface area contributed by atoms with Gasteiger partial charge in [0.25, 0.3) is 0 Å². The summed E-state index contributed by atoms with van der Waals surface area (Å²) >= 11 is 1.72. The van der Waals surface area contributed by atoms with E-state index in [2.05, 4.69) is 58.7 Å². The molecule has 0 aliphatic heterocycles. The Labute approximate surface area is 143 Å². The van der Waals surface area contributed by atoms with E-state index in [9.17, 15) is 0 Å². The molecule has 2 aromatic rings. The van der Waals surface area contributed by atoms with Crippen molar-refractivity contribution in [1.29, 1.82) is 0 Å². The van der Waals surface area contributed by atoms with Gasteiger partial charge in [-0.3, -0.25) is 9.88 Å². The second kappa shape index (κ2) is 9.03. The van der Waals surface area contributed by atoms with E-state index in [4.69, 9.17) is 0 Å². The first kappa shape index (κ1) is 17.9. The highest BCUT2D eigenvalue weighted by molar-refractivity contribution is 7.98. The van der Waals surface area contributed by atoms with Gasteiger partial charge in [-0.1, -0.05) is 38.1 Å². The Kier molecular flexibility index (Phi) is 7.05. The standard InChI is InChI=1S/C17H27N5S/c1-5-7-12-22-16(15(6-2)21(3)4)19-20-17(22)23-13-14-10-8-9-11-18-14/h8-11,15H,5-7,12-13H2,1-4H3. The predicted octanol–water partition coefficient (Wildman–Crippen LogP) is 3.78. The molecule has 0 saturated heterocycles. The van der Waals surface area contributed by atoms with E-state index in [1.165, 1.54) is 6.42 Å². The molecule has 1 unspecified atom stereocenters. The summed E-state index contributed by atoms with van der Waals surface area (Å²) in [6.45, 7) is 5.39. The Bertz CT molecular complexity index is 582. The minimum absolute atomic E-state index is 0.309. The van der Waals surface area contributed by atoms with E-state index in [-0.39, 0.29) is 0 Å². The molecule has 2 rings (SSSR count). The molecule has 2 heterocycles. The smallest absolute Gasteiger partial charge is 0.191 e. The fourth-order valence-electron chi connectivity index (χ4n) is 2.58. The Morgan fingerprint density at radius 1 is 1.22 bits per heavy atom. The van der Waals surface area contributed by atoms with Crippen LogP contribution in [0, 0.1) is 0 Å². The molecule has 1 atom stereocenters. The van der Waals surface area contributed by atoms with Crippen molar-refractivity contribution >= 4 is 11.8 Å². The van der Waals surface area contributed by atoms with Crippen LogP contribution in [0.25, 0.3) is 0 Å². The first-order valence-electron chi connectivity index (χ1n) is 8.29. The van der Waals surface area contributed by atoms with E-state index >= 15 is 0 Å². The van der Waals surface area contributed by atoms with Crippen LogP contribution in [0.2, 0.25) is 0 Å². The zero-order chi connectivity index (χ0) is 16.7.